The predicted octanol–water partition coefficient (Wildman–Crippen LogP) is 2.68. The molecule has 0 aliphatic heterocycles. The molecule has 1 aromatic rings. The number of alkyl halides is 2. The molecule has 12 heavy (non-hydrogen) atoms. The molecule has 0 amide bonds. The first kappa shape index (κ1) is 9.19. The average Bonchev–Trinajstić information content (AvgIpc) is 2.05. The molecule has 0 N–H and O–H groups in total. The summed E-state index contributed by atoms with van der Waals surface area (Å²) in [5.74, 6) is 0.273. The van der Waals surface area contributed by atoms with Crippen LogP contribution in [0.1, 0.15) is 12.0 Å². The predicted molar refractivity (Wildman–Crippen MR) is 40.8 cm³/mol. The molecule has 0 unspecified atom stereocenters. The van der Waals surface area contributed by atoms with E-state index in [4.69, 9.17) is 16.3 Å². The Balaban J connectivity index is 3.08. The van der Waals surface area contributed by atoms with E-state index < -0.39 is 6.43 Å². The number of rotatable bonds is 2. The number of hydrogen-bond donors (Lipinski definition) is 0. The van der Waals surface area contributed by atoms with E-state index >= 15 is 0 Å². The maximum Gasteiger partial charge on any atom is 0.266 e. The van der Waals surface area contributed by atoms with Crippen molar-refractivity contribution in [1.29, 1.82) is 0 Å². The summed E-state index contributed by atoms with van der Waals surface area (Å²) in [7, 11) is 1.38. The molecule has 0 saturated carbocycles. The molecule has 66 valence electrons. The third-order valence-corrected chi connectivity index (χ3v) is 1.63. The summed E-state index contributed by atoms with van der Waals surface area (Å²) < 4.78 is 29.0. The van der Waals surface area contributed by atoms with Gasteiger partial charge in [-0.15, -0.1) is 0 Å². The van der Waals surface area contributed by atoms with Crippen LogP contribution < -0.4 is 4.74 Å². The smallest absolute Gasteiger partial charge is 0.266 e. The monoisotopic (exact) mass is 193 g/mol. The molecule has 1 rings (SSSR count). The standard InChI is InChI=1S/C7H6ClF2NO/c1-12-4-2-5(7(9)10)6(8)11-3-4/h2-3,7H,1H3. The number of halogens is 3. The summed E-state index contributed by atoms with van der Waals surface area (Å²) in [5.41, 5.74) is -0.309. The van der Waals surface area contributed by atoms with Gasteiger partial charge in [0.1, 0.15) is 10.9 Å². The fourth-order valence-corrected chi connectivity index (χ4v) is 0.895. The van der Waals surface area contributed by atoms with Gasteiger partial charge in [-0.05, 0) is 6.07 Å². The van der Waals surface area contributed by atoms with Gasteiger partial charge in [-0.25, -0.2) is 13.8 Å². The molecule has 0 radical (unpaired) electrons. The van der Waals surface area contributed by atoms with Crippen molar-refractivity contribution in [2.75, 3.05) is 7.11 Å². The Labute approximate surface area is 73.1 Å². The van der Waals surface area contributed by atoms with Gasteiger partial charge in [0.2, 0.25) is 0 Å². The van der Waals surface area contributed by atoms with E-state index in [0.717, 1.165) is 0 Å². The molecule has 0 atom stereocenters. The molecule has 1 heterocycles. The Hall–Kier alpha value is -0.900. The van der Waals surface area contributed by atoms with Gasteiger partial charge in [-0.3, -0.25) is 0 Å². The quantitative estimate of drug-likeness (QED) is 0.674. The van der Waals surface area contributed by atoms with Gasteiger partial charge < -0.3 is 4.74 Å². The highest BCUT2D eigenvalue weighted by Gasteiger charge is 2.13. The minimum Gasteiger partial charge on any atom is -0.495 e. The maximum atomic E-state index is 12.2. The van der Waals surface area contributed by atoms with Crippen LogP contribution in [-0.2, 0) is 0 Å². The first-order valence-electron chi connectivity index (χ1n) is 3.12. The third kappa shape index (κ3) is 1.82. The van der Waals surface area contributed by atoms with Gasteiger partial charge in [-0.1, -0.05) is 11.6 Å². The lowest BCUT2D eigenvalue weighted by atomic mass is 10.3. The Morgan fingerprint density at radius 3 is 2.75 bits per heavy atom. The molecule has 0 aliphatic rings. The van der Waals surface area contributed by atoms with E-state index in [2.05, 4.69) is 4.98 Å². The average molecular weight is 194 g/mol. The van der Waals surface area contributed by atoms with Crippen LogP contribution in [0, 0.1) is 0 Å². The fraction of sp³-hybridized carbons (Fsp3) is 0.286. The van der Waals surface area contributed by atoms with Gasteiger partial charge in [0.05, 0.1) is 18.9 Å². The maximum absolute atomic E-state index is 12.2. The molecule has 0 bridgehead atoms. The van der Waals surface area contributed by atoms with Crippen molar-refractivity contribution in [2.24, 2.45) is 0 Å². The van der Waals surface area contributed by atoms with Gasteiger partial charge in [0.25, 0.3) is 6.43 Å². The lowest BCUT2D eigenvalue weighted by Crippen LogP contribution is -1.91. The molecule has 1 aromatic heterocycles. The van der Waals surface area contributed by atoms with E-state index in [0.29, 0.717) is 0 Å². The summed E-state index contributed by atoms with van der Waals surface area (Å²) in [6, 6.07) is 1.17. The third-order valence-electron chi connectivity index (χ3n) is 1.31. The van der Waals surface area contributed by atoms with Crippen molar-refractivity contribution in [3.05, 3.63) is 23.0 Å². The highest BCUT2D eigenvalue weighted by atomic mass is 35.5. The van der Waals surface area contributed by atoms with E-state index in [1.54, 1.807) is 0 Å². The molecule has 0 saturated heterocycles. The summed E-state index contributed by atoms with van der Waals surface area (Å²) in [4.78, 5) is 3.53. The summed E-state index contributed by atoms with van der Waals surface area (Å²) >= 11 is 5.40. The molecule has 0 aromatic carbocycles. The zero-order valence-corrected chi connectivity index (χ0v) is 6.98. The van der Waals surface area contributed by atoms with Crippen LogP contribution in [0.3, 0.4) is 0 Å². The second-order valence-corrected chi connectivity index (χ2v) is 2.41. The highest BCUT2D eigenvalue weighted by Crippen LogP contribution is 2.27. The van der Waals surface area contributed by atoms with Crippen LogP contribution in [0.4, 0.5) is 8.78 Å². The number of nitrogens with zero attached hydrogens (tertiary/aromatic N) is 1. The molecule has 0 spiro atoms. The Bertz CT molecular complexity index is 280. The van der Waals surface area contributed by atoms with Crippen molar-refractivity contribution in [1.82, 2.24) is 4.98 Å². The van der Waals surface area contributed by atoms with Crippen molar-refractivity contribution in [2.45, 2.75) is 6.43 Å². The first-order valence-corrected chi connectivity index (χ1v) is 3.50. The lowest BCUT2D eigenvalue weighted by Gasteiger charge is -2.04. The van der Waals surface area contributed by atoms with E-state index in [-0.39, 0.29) is 16.5 Å². The minimum absolute atomic E-state index is 0.189. The Morgan fingerprint density at radius 2 is 2.25 bits per heavy atom. The molecule has 0 fully saturated rings. The molecular formula is C7H6ClF2NO. The second-order valence-electron chi connectivity index (χ2n) is 2.06. The normalized spacial score (nSPS) is 10.4. The van der Waals surface area contributed by atoms with E-state index in [9.17, 15) is 8.78 Å². The van der Waals surface area contributed by atoms with Gasteiger partial charge in [-0.2, -0.15) is 0 Å². The lowest BCUT2D eigenvalue weighted by molar-refractivity contribution is 0.150. The van der Waals surface area contributed by atoms with Crippen LogP contribution in [-0.4, -0.2) is 12.1 Å². The largest absolute Gasteiger partial charge is 0.495 e. The molecule has 0 aliphatic carbocycles. The van der Waals surface area contributed by atoms with Gasteiger partial charge >= 0.3 is 0 Å². The van der Waals surface area contributed by atoms with E-state index in [1.807, 2.05) is 0 Å². The zero-order valence-electron chi connectivity index (χ0n) is 6.22. The molecule has 2 nitrogen and oxygen atoms in total. The number of methoxy groups -OCH3 is 1. The van der Waals surface area contributed by atoms with Crippen molar-refractivity contribution in [3.63, 3.8) is 0 Å². The summed E-state index contributed by atoms with van der Waals surface area (Å²) in [5, 5.41) is -0.189. The van der Waals surface area contributed by atoms with Crippen molar-refractivity contribution < 1.29 is 13.5 Å². The van der Waals surface area contributed by atoms with E-state index in [1.165, 1.54) is 19.4 Å². The van der Waals surface area contributed by atoms with Crippen molar-refractivity contribution >= 4 is 11.6 Å². The fourth-order valence-electron chi connectivity index (χ4n) is 0.710. The van der Waals surface area contributed by atoms with Crippen LogP contribution in [0.25, 0.3) is 0 Å². The zero-order chi connectivity index (χ0) is 9.14. The Morgan fingerprint density at radius 1 is 1.58 bits per heavy atom. The molecular weight excluding hydrogens is 188 g/mol. The van der Waals surface area contributed by atoms with Crippen molar-refractivity contribution in [3.8, 4) is 5.75 Å². The number of hydrogen-bond acceptors (Lipinski definition) is 2. The number of aromatic nitrogens is 1. The van der Waals surface area contributed by atoms with Gasteiger partial charge in [0, 0.05) is 0 Å². The van der Waals surface area contributed by atoms with Crippen LogP contribution in [0.2, 0.25) is 5.15 Å². The number of pyridine rings is 1. The highest BCUT2D eigenvalue weighted by molar-refractivity contribution is 6.30. The van der Waals surface area contributed by atoms with Gasteiger partial charge in [0.15, 0.2) is 0 Å². The molecule has 5 heteroatoms. The SMILES string of the molecule is COc1cnc(Cl)c(C(F)F)c1. The Kier molecular flexibility index (Phi) is 2.81. The topological polar surface area (TPSA) is 22.1 Å². The number of ether oxygens (including phenoxy) is 1. The van der Waals surface area contributed by atoms with Crippen LogP contribution in [0.15, 0.2) is 12.3 Å². The van der Waals surface area contributed by atoms with Crippen LogP contribution >= 0.6 is 11.6 Å². The first-order chi connectivity index (χ1) is 5.65. The van der Waals surface area contributed by atoms with Crippen LogP contribution in [0.5, 0.6) is 5.75 Å². The summed E-state index contributed by atoms with van der Waals surface area (Å²) in [6.45, 7) is 0. The minimum atomic E-state index is -2.62. The summed E-state index contributed by atoms with van der Waals surface area (Å²) in [6.07, 6.45) is -1.34. The second kappa shape index (κ2) is 3.67.